The molecule has 0 atom stereocenters. The SMILES string of the molecule is Clc1ncc2ccn(C3CC3)c2n1. The molecule has 1 aliphatic carbocycles. The molecule has 2 aromatic rings. The van der Waals surface area contributed by atoms with Gasteiger partial charge in [-0.25, -0.2) is 4.98 Å². The van der Waals surface area contributed by atoms with Gasteiger partial charge in [0.25, 0.3) is 0 Å². The minimum absolute atomic E-state index is 0.327. The zero-order valence-electron chi connectivity index (χ0n) is 6.94. The molecule has 0 saturated heterocycles. The van der Waals surface area contributed by atoms with Gasteiger partial charge in [-0.15, -0.1) is 0 Å². The highest BCUT2D eigenvalue weighted by Crippen LogP contribution is 2.37. The van der Waals surface area contributed by atoms with Gasteiger partial charge < -0.3 is 4.57 Å². The Morgan fingerprint density at radius 3 is 3.08 bits per heavy atom. The maximum absolute atomic E-state index is 5.74. The highest BCUT2D eigenvalue weighted by Gasteiger charge is 2.24. The highest BCUT2D eigenvalue weighted by atomic mass is 35.5. The van der Waals surface area contributed by atoms with Crippen molar-refractivity contribution in [1.29, 1.82) is 0 Å². The Bertz CT molecular complexity index is 459. The van der Waals surface area contributed by atoms with Crippen molar-refractivity contribution in [3.05, 3.63) is 23.7 Å². The minimum atomic E-state index is 0.327. The molecule has 0 N–H and O–H groups in total. The quantitative estimate of drug-likeness (QED) is 0.652. The molecule has 0 radical (unpaired) electrons. The summed E-state index contributed by atoms with van der Waals surface area (Å²) in [5.74, 6) is 0. The Morgan fingerprint density at radius 2 is 2.31 bits per heavy atom. The van der Waals surface area contributed by atoms with Crippen molar-refractivity contribution in [2.24, 2.45) is 0 Å². The smallest absolute Gasteiger partial charge is 0.224 e. The zero-order chi connectivity index (χ0) is 8.84. The van der Waals surface area contributed by atoms with E-state index in [0.29, 0.717) is 11.3 Å². The molecule has 0 unspecified atom stereocenters. The van der Waals surface area contributed by atoms with Crippen LogP contribution in [0.15, 0.2) is 18.5 Å². The molecule has 1 fully saturated rings. The fourth-order valence-corrected chi connectivity index (χ4v) is 1.69. The molecule has 0 amide bonds. The van der Waals surface area contributed by atoms with Gasteiger partial charge in [0.15, 0.2) is 0 Å². The first-order valence-electron chi connectivity index (χ1n) is 4.34. The molecule has 0 spiro atoms. The Hall–Kier alpha value is -1.09. The first kappa shape index (κ1) is 7.33. The van der Waals surface area contributed by atoms with Crippen LogP contribution in [0.5, 0.6) is 0 Å². The molecular weight excluding hydrogens is 186 g/mol. The molecular formula is C9H8ClN3. The topological polar surface area (TPSA) is 30.7 Å². The van der Waals surface area contributed by atoms with Gasteiger partial charge in [0.05, 0.1) is 0 Å². The summed E-state index contributed by atoms with van der Waals surface area (Å²) in [5.41, 5.74) is 0.961. The lowest BCUT2D eigenvalue weighted by Crippen LogP contribution is -1.93. The highest BCUT2D eigenvalue weighted by molar-refractivity contribution is 6.28. The molecule has 0 bridgehead atoms. The van der Waals surface area contributed by atoms with E-state index in [9.17, 15) is 0 Å². The van der Waals surface area contributed by atoms with Gasteiger partial charge in [-0.2, -0.15) is 4.98 Å². The van der Waals surface area contributed by atoms with Crippen molar-refractivity contribution in [3.8, 4) is 0 Å². The van der Waals surface area contributed by atoms with Gasteiger partial charge in [-0.1, -0.05) is 0 Å². The van der Waals surface area contributed by atoms with Crippen molar-refractivity contribution in [2.75, 3.05) is 0 Å². The normalized spacial score (nSPS) is 16.7. The third kappa shape index (κ3) is 1.11. The largest absolute Gasteiger partial charge is 0.329 e. The van der Waals surface area contributed by atoms with Crippen molar-refractivity contribution in [1.82, 2.24) is 14.5 Å². The van der Waals surface area contributed by atoms with Crippen LogP contribution >= 0.6 is 11.6 Å². The zero-order valence-corrected chi connectivity index (χ0v) is 7.70. The van der Waals surface area contributed by atoms with Gasteiger partial charge >= 0.3 is 0 Å². The van der Waals surface area contributed by atoms with E-state index < -0.39 is 0 Å². The maximum atomic E-state index is 5.74. The third-order valence-corrected chi connectivity index (χ3v) is 2.55. The summed E-state index contributed by atoms with van der Waals surface area (Å²) in [4.78, 5) is 8.16. The molecule has 2 heterocycles. The van der Waals surface area contributed by atoms with Crippen LogP contribution in [-0.2, 0) is 0 Å². The molecule has 3 rings (SSSR count). The van der Waals surface area contributed by atoms with Crippen LogP contribution in [0.3, 0.4) is 0 Å². The number of nitrogens with zero attached hydrogens (tertiary/aromatic N) is 3. The maximum Gasteiger partial charge on any atom is 0.224 e. The summed E-state index contributed by atoms with van der Waals surface area (Å²) < 4.78 is 2.18. The van der Waals surface area contributed by atoms with Gasteiger partial charge in [0.1, 0.15) is 5.65 Å². The first-order chi connectivity index (χ1) is 6.34. The van der Waals surface area contributed by atoms with E-state index in [2.05, 4.69) is 20.7 Å². The Morgan fingerprint density at radius 1 is 1.46 bits per heavy atom. The monoisotopic (exact) mass is 193 g/mol. The number of hydrogen-bond acceptors (Lipinski definition) is 2. The second kappa shape index (κ2) is 2.45. The van der Waals surface area contributed by atoms with Gasteiger partial charge in [-0.3, -0.25) is 0 Å². The van der Waals surface area contributed by atoms with Gasteiger partial charge in [0.2, 0.25) is 5.28 Å². The van der Waals surface area contributed by atoms with E-state index in [1.54, 1.807) is 6.20 Å². The summed E-state index contributed by atoms with van der Waals surface area (Å²) in [6.45, 7) is 0. The Kier molecular flexibility index (Phi) is 1.38. The fraction of sp³-hybridized carbons (Fsp3) is 0.333. The van der Waals surface area contributed by atoms with Crippen LogP contribution in [0.25, 0.3) is 11.0 Å². The van der Waals surface area contributed by atoms with Crippen molar-refractivity contribution in [2.45, 2.75) is 18.9 Å². The number of halogens is 1. The Labute approximate surface area is 80.4 Å². The average Bonchev–Trinajstić information content (AvgIpc) is 2.87. The first-order valence-corrected chi connectivity index (χ1v) is 4.71. The number of fused-ring (bicyclic) bond motifs is 1. The molecule has 66 valence electrons. The van der Waals surface area contributed by atoms with E-state index in [4.69, 9.17) is 11.6 Å². The third-order valence-electron chi connectivity index (χ3n) is 2.37. The average molecular weight is 194 g/mol. The lowest BCUT2D eigenvalue weighted by Gasteiger charge is -2.00. The molecule has 3 nitrogen and oxygen atoms in total. The van der Waals surface area contributed by atoms with Crippen LogP contribution in [0.4, 0.5) is 0 Å². The number of aromatic nitrogens is 3. The molecule has 0 aromatic carbocycles. The molecule has 4 heteroatoms. The lowest BCUT2D eigenvalue weighted by atomic mass is 10.4. The summed E-state index contributed by atoms with van der Waals surface area (Å²) in [5, 5.41) is 1.39. The number of rotatable bonds is 1. The summed E-state index contributed by atoms with van der Waals surface area (Å²) in [7, 11) is 0. The second-order valence-corrected chi connectivity index (χ2v) is 3.71. The molecule has 13 heavy (non-hydrogen) atoms. The molecule has 1 aliphatic rings. The summed E-state index contributed by atoms with van der Waals surface area (Å²) >= 11 is 5.74. The van der Waals surface area contributed by atoms with Gasteiger partial charge in [0, 0.05) is 23.8 Å². The summed E-state index contributed by atoms with van der Waals surface area (Å²) in [6.07, 6.45) is 6.34. The van der Waals surface area contributed by atoms with E-state index in [-0.39, 0.29) is 0 Å². The van der Waals surface area contributed by atoms with E-state index in [1.807, 2.05) is 6.07 Å². The second-order valence-electron chi connectivity index (χ2n) is 3.37. The van der Waals surface area contributed by atoms with Crippen LogP contribution in [0.2, 0.25) is 5.28 Å². The van der Waals surface area contributed by atoms with Crippen LogP contribution in [0.1, 0.15) is 18.9 Å². The molecule has 2 aromatic heterocycles. The Balaban J connectivity index is 2.29. The lowest BCUT2D eigenvalue weighted by molar-refractivity contribution is 0.765. The predicted molar refractivity (Wildman–Crippen MR) is 50.8 cm³/mol. The van der Waals surface area contributed by atoms with Crippen LogP contribution in [0, 0.1) is 0 Å². The van der Waals surface area contributed by atoms with Crippen LogP contribution in [-0.4, -0.2) is 14.5 Å². The van der Waals surface area contributed by atoms with E-state index >= 15 is 0 Å². The predicted octanol–water partition coefficient (Wildman–Crippen LogP) is 2.42. The summed E-state index contributed by atoms with van der Waals surface area (Å²) in [6, 6.07) is 2.67. The van der Waals surface area contributed by atoms with Crippen LogP contribution < -0.4 is 0 Å². The fourth-order valence-electron chi connectivity index (χ4n) is 1.56. The van der Waals surface area contributed by atoms with Crippen molar-refractivity contribution in [3.63, 3.8) is 0 Å². The molecule has 1 saturated carbocycles. The number of hydrogen-bond donors (Lipinski definition) is 0. The van der Waals surface area contributed by atoms with Crippen molar-refractivity contribution >= 4 is 22.6 Å². The van der Waals surface area contributed by atoms with E-state index in [1.165, 1.54) is 12.8 Å². The standard InChI is InChI=1S/C9H8ClN3/c10-9-11-5-6-3-4-13(7-1-2-7)8(6)12-9/h3-5,7H,1-2H2. The molecule has 0 aliphatic heterocycles. The van der Waals surface area contributed by atoms with Gasteiger partial charge in [-0.05, 0) is 30.5 Å². The van der Waals surface area contributed by atoms with E-state index in [0.717, 1.165) is 11.0 Å². The minimum Gasteiger partial charge on any atom is -0.329 e. The van der Waals surface area contributed by atoms with Crippen molar-refractivity contribution < 1.29 is 0 Å².